The van der Waals surface area contributed by atoms with Gasteiger partial charge >= 0.3 is 0 Å². The lowest BCUT2D eigenvalue weighted by Gasteiger charge is -2.21. The van der Waals surface area contributed by atoms with Crippen LogP contribution in [0, 0.1) is 6.92 Å². The Balaban J connectivity index is 1.37. The first-order valence-electron chi connectivity index (χ1n) is 11.7. The number of hydrogen-bond donors (Lipinski definition) is 1. The van der Waals surface area contributed by atoms with E-state index in [0.29, 0.717) is 11.9 Å². The number of rotatable bonds is 6. The lowest BCUT2D eigenvalue weighted by Crippen LogP contribution is -2.34. The average molecular weight is 471 g/mol. The summed E-state index contributed by atoms with van der Waals surface area (Å²) < 4.78 is 7.28. The molecule has 1 atom stereocenters. The molecule has 4 aromatic rings. The van der Waals surface area contributed by atoms with E-state index >= 15 is 0 Å². The number of amides is 1. The fourth-order valence-electron chi connectivity index (χ4n) is 4.62. The van der Waals surface area contributed by atoms with Crippen LogP contribution in [0.2, 0.25) is 0 Å². The molecule has 0 bridgehead atoms. The van der Waals surface area contributed by atoms with E-state index in [1.165, 1.54) is 0 Å². The SMILES string of the molecule is COc1ccc(-c2cnc3c(Nc4ccc(C(=O)N5CCC(N(C)C)C5)c(C)c4)nccn23)cc1. The highest BCUT2D eigenvalue weighted by Crippen LogP contribution is 2.28. The number of imidazole rings is 1. The molecule has 1 saturated heterocycles. The van der Waals surface area contributed by atoms with Gasteiger partial charge in [0.2, 0.25) is 0 Å². The molecule has 0 aliphatic carbocycles. The molecule has 5 rings (SSSR count). The van der Waals surface area contributed by atoms with Gasteiger partial charge in [0, 0.05) is 48.3 Å². The van der Waals surface area contributed by atoms with E-state index in [-0.39, 0.29) is 5.91 Å². The number of hydrogen-bond acceptors (Lipinski definition) is 6. The number of likely N-dealkylation sites (tertiary alicyclic amines) is 1. The van der Waals surface area contributed by atoms with Crippen molar-refractivity contribution in [1.29, 1.82) is 0 Å². The van der Waals surface area contributed by atoms with E-state index in [1.54, 1.807) is 13.3 Å². The van der Waals surface area contributed by atoms with Gasteiger partial charge in [-0.1, -0.05) is 0 Å². The molecule has 1 fully saturated rings. The van der Waals surface area contributed by atoms with Gasteiger partial charge in [0.05, 0.1) is 19.0 Å². The summed E-state index contributed by atoms with van der Waals surface area (Å²) in [6.45, 7) is 3.54. The molecule has 35 heavy (non-hydrogen) atoms. The lowest BCUT2D eigenvalue weighted by atomic mass is 10.1. The molecule has 2 aromatic heterocycles. The Hall–Kier alpha value is -3.91. The fraction of sp³-hybridized carbons (Fsp3) is 0.296. The van der Waals surface area contributed by atoms with Crippen molar-refractivity contribution in [3.63, 3.8) is 0 Å². The molecule has 8 heteroatoms. The van der Waals surface area contributed by atoms with Crippen molar-refractivity contribution in [2.24, 2.45) is 0 Å². The quantitative estimate of drug-likeness (QED) is 0.455. The summed E-state index contributed by atoms with van der Waals surface area (Å²) in [5.41, 5.74) is 5.26. The molecule has 1 N–H and O–H groups in total. The minimum atomic E-state index is 0.0935. The van der Waals surface area contributed by atoms with Gasteiger partial charge in [-0.05, 0) is 75.5 Å². The summed E-state index contributed by atoms with van der Waals surface area (Å²) in [6.07, 6.45) is 6.50. The standard InChI is InChI=1S/C27H30N6O2/c1-18-15-20(7-10-23(18)27(34)32-13-11-21(17-32)31(2)3)30-25-26-29-16-24(33(26)14-12-28-25)19-5-8-22(35-4)9-6-19/h5-10,12,14-16,21H,11,13,17H2,1-4H3,(H,28,30). The topological polar surface area (TPSA) is 75.0 Å². The van der Waals surface area contributed by atoms with Gasteiger partial charge < -0.3 is 19.9 Å². The minimum Gasteiger partial charge on any atom is -0.497 e. The van der Waals surface area contributed by atoms with Crippen LogP contribution in [-0.2, 0) is 0 Å². The molecular formula is C27H30N6O2. The molecule has 1 unspecified atom stereocenters. The second kappa shape index (κ2) is 9.38. The van der Waals surface area contributed by atoms with E-state index in [9.17, 15) is 4.79 Å². The van der Waals surface area contributed by atoms with Gasteiger partial charge in [0.25, 0.3) is 5.91 Å². The Morgan fingerprint density at radius 3 is 2.63 bits per heavy atom. The van der Waals surface area contributed by atoms with E-state index in [0.717, 1.165) is 59.0 Å². The van der Waals surface area contributed by atoms with Crippen LogP contribution in [0.4, 0.5) is 11.5 Å². The van der Waals surface area contributed by atoms with Gasteiger partial charge in [-0.3, -0.25) is 9.20 Å². The maximum Gasteiger partial charge on any atom is 0.254 e. The van der Waals surface area contributed by atoms with Crippen molar-refractivity contribution in [3.8, 4) is 17.0 Å². The van der Waals surface area contributed by atoms with Crippen molar-refractivity contribution in [2.75, 3.05) is 39.6 Å². The first kappa shape index (κ1) is 22.9. The van der Waals surface area contributed by atoms with Crippen LogP contribution in [0.15, 0.2) is 61.1 Å². The van der Waals surface area contributed by atoms with Crippen LogP contribution >= 0.6 is 0 Å². The Kier molecular flexibility index (Phi) is 6.13. The Bertz CT molecular complexity index is 1360. The maximum atomic E-state index is 13.1. The number of likely N-dealkylation sites (N-methyl/N-ethyl adjacent to an activating group) is 1. The van der Waals surface area contributed by atoms with Crippen LogP contribution in [0.1, 0.15) is 22.3 Å². The van der Waals surface area contributed by atoms with E-state index in [2.05, 4.69) is 34.3 Å². The number of fused-ring (bicyclic) bond motifs is 1. The van der Waals surface area contributed by atoms with Crippen LogP contribution in [0.3, 0.4) is 0 Å². The summed E-state index contributed by atoms with van der Waals surface area (Å²) in [6, 6.07) is 14.1. The predicted octanol–water partition coefficient (Wildman–Crippen LogP) is 4.23. The highest BCUT2D eigenvalue weighted by Gasteiger charge is 2.28. The fourth-order valence-corrected chi connectivity index (χ4v) is 4.62. The molecule has 2 aromatic carbocycles. The number of aryl methyl sites for hydroxylation is 1. The smallest absolute Gasteiger partial charge is 0.254 e. The van der Waals surface area contributed by atoms with Crippen LogP contribution in [-0.4, -0.2) is 70.4 Å². The number of methoxy groups -OCH3 is 1. The van der Waals surface area contributed by atoms with Crippen LogP contribution in [0.25, 0.3) is 16.9 Å². The largest absolute Gasteiger partial charge is 0.497 e. The van der Waals surface area contributed by atoms with Crippen molar-refractivity contribution >= 4 is 23.1 Å². The number of benzene rings is 2. The molecular weight excluding hydrogens is 440 g/mol. The molecule has 0 radical (unpaired) electrons. The summed E-state index contributed by atoms with van der Waals surface area (Å²) in [5, 5.41) is 3.38. The number of carbonyl (C=O) groups is 1. The normalized spacial score (nSPS) is 15.7. The van der Waals surface area contributed by atoms with Crippen LogP contribution in [0.5, 0.6) is 5.75 Å². The zero-order valence-electron chi connectivity index (χ0n) is 20.5. The third-order valence-corrected chi connectivity index (χ3v) is 6.71. The Morgan fingerprint density at radius 1 is 1.14 bits per heavy atom. The summed E-state index contributed by atoms with van der Waals surface area (Å²) in [7, 11) is 5.79. The molecule has 0 spiro atoms. The molecule has 8 nitrogen and oxygen atoms in total. The zero-order chi connectivity index (χ0) is 24.5. The second-order valence-electron chi connectivity index (χ2n) is 9.15. The summed E-state index contributed by atoms with van der Waals surface area (Å²) in [4.78, 5) is 26.4. The summed E-state index contributed by atoms with van der Waals surface area (Å²) in [5.74, 6) is 1.56. The Morgan fingerprint density at radius 2 is 1.94 bits per heavy atom. The lowest BCUT2D eigenvalue weighted by molar-refractivity contribution is 0.0782. The first-order chi connectivity index (χ1) is 16.9. The molecule has 180 valence electrons. The third-order valence-electron chi connectivity index (χ3n) is 6.71. The number of nitrogens with one attached hydrogen (secondary N) is 1. The monoisotopic (exact) mass is 470 g/mol. The predicted molar refractivity (Wildman–Crippen MR) is 137 cm³/mol. The molecule has 0 saturated carbocycles. The van der Waals surface area contributed by atoms with E-state index in [4.69, 9.17) is 4.74 Å². The summed E-state index contributed by atoms with van der Waals surface area (Å²) >= 11 is 0. The van der Waals surface area contributed by atoms with E-state index in [1.807, 2.05) is 71.1 Å². The van der Waals surface area contributed by atoms with E-state index < -0.39 is 0 Å². The van der Waals surface area contributed by atoms with Crippen molar-refractivity contribution in [1.82, 2.24) is 24.2 Å². The first-order valence-corrected chi connectivity index (χ1v) is 11.7. The van der Waals surface area contributed by atoms with Gasteiger partial charge in [0.15, 0.2) is 11.5 Å². The van der Waals surface area contributed by atoms with Crippen molar-refractivity contribution in [3.05, 3.63) is 72.2 Å². The third kappa shape index (κ3) is 4.44. The Labute approximate surface area is 205 Å². The highest BCUT2D eigenvalue weighted by molar-refractivity contribution is 5.96. The molecule has 1 aliphatic rings. The second-order valence-corrected chi connectivity index (χ2v) is 9.15. The molecule has 1 amide bonds. The number of ether oxygens (including phenoxy) is 1. The number of aromatic nitrogens is 3. The van der Waals surface area contributed by atoms with Gasteiger partial charge in [-0.15, -0.1) is 0 Å². The zero-order valence-corrected chi connectivity index (χ0v) is 20.5. The van der Waals surface area contributed by atoms with Gasteiger partial charge in [-0.25, -0.2) is 9.97 Å². The molecule has 1 aliphatic heterocycles. The van der Waals surface area contributed by atoms with Crippen molar-refractivity contribution in [2.45, 2.75) is 19.4 Å². The van der Waals surface area contributed by atoms with Gasteiger partial charge in [-0.2, -0.15) is 0 Å². The number of anilines is 2. The van der Waals surface area contributed by atoms with Gasteiger partial charge in [0.1, 0.15) is 5.75 Å². The highest BCUT2D eigenvalue weighted by atomic mass is 16.5. The number of carbonyl (C=O) groups excluding carboxylic acids is 1. The maximum absolute atomic E-state index is 13.1. The average Bonchev–Trinajstić information content (AvgIpc) is 3.52. The van der Waals surface area contributed by atoms with Crippen molar-refractivity contribution < 1.29 is 9.53 Å². The van der Waals surface area contributed by atoms with Crippen LogP contribution < -0.4 is 10.1 Å². The number of nitrogens with zero attached hydrogens (tertiary/aromatic N) is 5. The molecule has 3 heterocycles. The minimum absolute atomic E-state index is 0.0935.